The van der Waals surface area contributed by atoms with Gasteiger partial charge in [0.2, 0.25) is 5.91 Å². The summed E-state index contributed by atoms with van der Waals surface area (Å²) in [6, 6.07) is 7.47. The lowest BCUT2D eigenvalue weighted by molar-refractivity contribution is -0.115. The molecule has 1 amide bonds. The van der Waals surface area contributed by atoms with Gasteiger partial charge in [-0.25, -0.2) is 0 Å². The molecule has 0 aliphatic carbocycles. The third-order valence-corrected chi connectivity index (χ3v) is 3.77. The van der Waals surface area contributed by atoms with Crippen molar-refractivity contribution in [2.45, 2.75) is 25.5 Å². The van der Waals surface area contributed by atoms with Gasteiger partial charge in [-0.3, -0.25) is 4.79 Å². The van der Waals surface area contributed by atoms with E-state index in [1.807, 2.05) is 38.1 Å². The molecule has 0 saturated carbocycles. The van der Waals surface area contributed by atoms with E-state index in [0.29, 0.717) is 18.9 Å². The number of thioether (sulfide) groups is 1. The predicted molar refractivity (Wildman–Crippen MR) is 81.8 cm³/mol. The highest BCUT2D eigenvalue weighted by Gasteiger charge is 2.14. The number of hydrogen-bond acceptors (Lipinski definition) is 4. The van der Waals surface area contributed by atoms with E-state index in [1.54, 1.807) is 11.8 Å². The van der Waals surface area contributed by atoms with Crippen molar-refractivity contribution in [2.75, 3.05) is 24.2 Å². The number of carbonyl (C=O) groups is 1. The van der Waals surface area contributed by atoms with E-state index >= 15 is 0 Å². The zero-order chi connectivity index (χ0) is 14.1. The third-order valence-electron chi connectivity index (χ3n) is 2.53. The van der Waals surface area contributed by atoms with Crippen LogP contribution in [0.1, 0.15) is 20.3 Å². The summed E-state index contributed by atoms with van der Waals surface area (Å²) < 4.78 is 5.48. The van der Waals surface area contributed by atoms with Crippen molar-refractivity contribution in [2.24, 2.45) is 5.73 Å². The number of carbonyl (C=O) groups excluding carboxylic acids is 1. The van der Waals surface area contributed by atoms with E-state index in [4.69, 9.17) is 10.5 Å². The first-order valence-electron chi connectivity index (χ1n) is 6.53. The molecule has 0 fully saturated rings. The Bertz CT molecular complexity index is 399. The molecule has 3 N–H and O–H groups in total. The van der Waals surface area contributed by atoms with E-state index in [2.05, 4.69) is 5.32 Å². The number of anilines is 1. The molecule has 5 heteroatoms. The van der Waals surface area contributed by atoms with Crippen LogP contribution in [0.5, 0.6) is 5.75 Å². The van der Waals surface area contributed by atoms with Crippen molar-refractivity contribution in [3.05, 3.63) is 24.3 Å². The topological polar surface area (TPSA) is 64.3 Å². The van der Waals surface area contributed by atoms with Crippen LogP contribution in [0.2, 0.25) is 0 Å². The van der Waals surface area contributed by atoms with Gasteiger partial charge in [-0.2, -0.15) is 0 Å². The van der Waals surface area contributed by atoms with Crippen LogP contribution in [0.3, 0.4) is 0 Å². The summed E-state index contributed by atoms with van der Waals surface area (Å²) in [5.41, 5.74) is 6.16. The van der Waals surface area contributed by atoms with Crippen LogP contribution in [-0.2, 0) is 4.79 Å². The van der Waals surface area contributed by atoms with Crippen molar-refractivity contribution < 1.29 is 9.53 Å². The fraction of sp³-hybridized carbons (Fsp3) is 0.500. The van der Waals surface area contributed by atoms with Crippen molar-refractivity contribution >= 4 is 23.4 Å². The highest BCUT2D eigenvalue weighted by Crippen LogP contribution is 2.24. The molecule has 1 rings (SSSR count). The van der Waals surface area contributed by atoms with Crippen LogP contribution in [0.4, 0.5) is 5.69 Å². The van der Waals surface area contributed by atoms with Gasteiger partial charge in [0.05, 0.1) is 17.5 Å². The monoisotopic (exact) mass is 282 g/mol. The molecular weight excluding hydrogens is 260 g/mol. The van der Waals surface area contributed by atoms with Crippen LogP contribution in [0.25, 0.3) is 0 Å². The average Bonchev–Trinajstić information content (AvgIpc) is 2.41. The summed E-state index contributed by atoms with van der Waals surface area (Å²) in [4.78, 5) is 12.0. The van der Waals surface area contributed by atoms with E-state index < -0.39 is 0 Å². The Balaban J connectivity index is 2.55. The molecule has 0 bridgehead atoms. The van der Waals surface area contributed by atoms with Crippen LogP contribution < -0.4 is 15.8 Å². The second kappa shape index (κ2) is 8.82. The molecule has 0 aromatic heterocycles. The SMILES string of the molecule is CCOc1ccccc1NC(=O)C(C)SCCCN. The van der Waals surface area contributed by atoms with Crippen LogP contribution >= 0.6 is 11.8 Å². The molecule has 0 heterocycles. The molecule has 0 saturated heterocycles. The number of nitrogens with one attached hydrogen (secondary N) is 1. The lowest BCUT2D eigenvalue weighted by atomic mass is 10.3. The molecular formula is C14H22N2O2S. The molecule has 0 radical (unpaired) electrons. The molecule has 0 aliphatic heterocycles. The molecule has 1 unspecified atom stereocenters. The molecule has 1 aromatic carbocycles. The maximum absolute atomic E-state index is 12.0. The largest absolute Gasteiger partial charge is 0.492 e. The van der Waals surface area contributed by atoms with Crippen molar-refractivity contribution in [3.8, 4) is 5.75 Å². The van der Waals surface area contributed by atoms with E-state index in [-0.39, 0.29) is 11.2 Å². The Hall–Kier alpha value is -1.20. The molecule has 1 aromatic rings. The normalized spacial score (nSPS) is 11.9. The Labute approximate surface area is 119 Å². The number of rotatable bonds is 8. The van der Waals surface area contributed by atoms with Crippen LogP contribution in [0, 0.1) is 0 Å². The van der Waals surface area contributed by atoms with E-state index in [9.17, 15) is 4.79 Å². The zero-order valence-corrected chi connectivity index (χ0v) is 12.3. The summed E-state index contributed by atoms with van der Waals surface area (Å²) in [5, 5.41) is 2.81. The Morgan fingerprint density at radius 2 is 2.21 bits per heavy atom. The molecule has 0 spiro atoms. The third kappa shape index (κ3) is 5.53. The standard InChI is InChI=1S/C14H22N2O2S/c1-3-18-13-8-5-4-7-12(13)16-14(17)11(2)19-10-6-9-15/h4-5,7-8,11H,3,6,9-10,15H2,1-2H3,(H,16,17). The van der Waals surface area contributed by atoms with Crippen molar-refractivity contribution in [1.29, 1.82) is 0 Å². The fourth-order valence-corrected chi connectivity index (χ4v) is 2.40. The number of amides is 1. The highest BCUT2D eigenvalue weighted by molar-refractivity contribution is 8.00. The summed E-state index contributed by atoms with van der Waals surface area (Å²) in [6.45, 7) is 5.06. The first kappa shape index (κ1) is 15.9. The first-order valence-corrected chi connectivity index (χ1v) is 7.58. The molecule has 106 valence electrons. The lowest BCUT2D eigenvalue weighted by Gasteiger charge is -2.14. The molecule has 1 atom stereocenters. The van der Waals surface area contributed by atoms with Crippen molar-refractivity contribution in [1.82, 2.24) is 0 Å². The number of benzene rings is 1. The summed E-state index contributed by atoms with van der Waals surface area (Å²) in [6.07, 6.45) is 0.928. The number of ether oxygens (including phenoxy) is 1. The Morgan fingerprint density at radius 3 is 2.89 bits per heavy atom. The quantitative estimate of drug-likeness (QED) is 0.719. The van der Waals surface area contributed by atoms with Gasteiger partial charge in [-0.15, -0.1) is 11.8 Å². The lowest BCUT2D eigenvalue weighted by Crippen LogP contribution is -2.23. The van der Waals surface area contributed by atoms with Gasteiger partial charge in [-0.05, 0) is 44.7 Å². The van der Waals surface area contributed by atoms with Gasteiger partial charge >= 0.3 is 0 Å². The first-order chi connectivity index (χ1) is 9.19. The summed E-state index contributed by atoms with van der Waals surface area (Å²) in [7, 11) is 0. The van der Waals surface area contributed by atoms with Crippen LogP contribution in [0.15, 0.2) is 24.3 Å². The maximum Gasteiger partial charge on any atom is 0.237 e. The number of para-hydroxylation sites is 2. The van der Waals surface area contributed by atoms with E-state index in [1.165, 1.54) is 0 Å². The minimum absolute atomic E-state index is 0.00539. The van der Waals surface area contributed by atoms with Gasteiger partial charge in [0.25, 0.3) is 0 Å². The minimum Gasteiger partial charge on any atom is -0.492 e. The van der Waals surface area contributed by atoms with Gasteiger partial charge in [0.15, 0.2) is 0 Å². The number of hydrogen-bond donors (Lipinski definition) is 2. The molecule has 0 aliphatic rings. The Kier molecular flexibility index (Phi) is 7.36. The van der Waals surface area contributed by atoms with Gasteiger partial charge < -0.3 is 15.8 Å². The zero-order valence-electron chi connectivity index (χ0n) is 11.5. The second-order valence-electron chi connectivity index (χ2n) is 4.07. The van der Waals surface area contributed by atoms with Gasteiger partial charge in [0.1, 0.15) is 5.75 Å². The molecule has 19 heavy (non-hydrogen) atoms. The highest BCUT2D eigenvalue weighted by atomic mass is 32.2. The van der Waals surface area contributed by atoms with Crippen LogP contribution in [-0.4, -0.2) is 30.1 Å². The van der Waals surface area contributed by atoms with Gasteiger partial charge in [-0.1, -0.05) is 12.1 Å². The predicted octanol–water partition coefficient (Wildman–Crippen LogP) is 2.49. The molecule has 4 nitrogen and oxygen atoms in total. The van der Waals surface area contributed by atoms with E-state index in [0.717, 1.165) is 17.9 Å². The number of nitrogens with two attached hydrogens (primary N) is 1. The summed E-state index contributed by atoms with van der Waals surface area (Å²) in [5.74, 6) is 1.60. The fourth-order valence-electron chi connectivity index (χ4n) is 1.50. The van der Waals surface area contributed by atoms with Gasteiger partial charge in [0, 0.05) is 0 Å². The Morgan fingerprint density at radius 1 is 1.47 bits per heavy atom. The average molecular weight is 282 g/mol. The smallest absolute Gasteiger partial charge is 0.237 e. The minimum atomic E-state index is -0.0961. The maximum atomic E-state index is 12.0. The second-order valence-corrected chi connectivity index (χ2v) is 5.52. The summed E-state index contributed by atoms with van der Waals surface area (Å²) >= 11 is 1.61. The van der Waals surface area contributed by atoms with Crippen molar-refractivity contribution in [3.63, 3.8) is 0 Å².